The van der Waals surface area contributed by atoms with E-state index in [1.807, 2.05) is 0 Å². The SMILES string of the molecule is C[C@@H]1OC(O)C[C@](C)(N)[C@H]1O. The van der Waals surface area contributed by atoms with Crippen molar-refractivity contribution in [3.8, 4) is 0 Å². The normalized spacial score (nSPS) is 52.6. The number of hydrogen-bond donors (Lipinski definition) is 3. The van der Waals surface area contributed by atoms with Gasteiger partial charge in [0.05, 0.1) is 12.2 Å². The molecule has 0 aromatic carbocycles. The highest BCUT2D eigenvalue weighted by molar-refractivity contribution is 4.94. The summed E-state index contributed by atoms with van der Waals surface area (Å²) in [5, 5.41) is 18.6. The quantitative estimate of drug-likeness (QED) is 0.434. The molecule has 0 radical (unpaired) electrons. The molecule has 0 aromatic heterocycles. The van der Waals surface area contributed by atoms with Crippen LogP contribution in [0.5, 0.6) is 0 Å². The molecule has 0 aromatic rings. The number of nitrogens with two attached hydrogens (primary N) is 1. The Morgan fingerprint density at radius 1 is 1.55 bits per heavy atom. The van der Waals surface area contributed by atoms with Gasteiger partial charge in [0, 0.05) is 12.0 Å². The van der Waals surface area contributed by atoms with Crippen LogP contribution in [-0.2, 0) is 4.74 Å². The van der Waals surface area contributed by atoms with Crippen LogP contribution in [0.1, 0.15) is 20.3 Å². The van der Waals surface area contributed by atoms with Gasteiger partial charge in [0.1, 0.15) is 0 Å². The van der Waals surface area contributed by atoms with E-state index in [2.05, 4.69) is 0 Å². The van der Waals surface area contributed by atoms with E-state index in [0.29, 0.717) is 0 Å². The first-order valence-electron chi connectivity index (χ1n) is 3.74. The molecule has 4 nitrogen and oxygen atoms in total. The Morgan fingerprint density at radius 3 is 2.55 bits per heavy atom. The molecular formula is C7H15NO3. The Bertz CT molecular complexity index is 149. The molecule has 4 atom stereocenters. The van der Waals surface area contributed by atoms with E-state index in [-0.39, 0.29) is 6.42 Å². The van der Waals surface area contributed by atoms with Gasteiger partial charge in [-0.3, -0.25) is 0 Å². The third-order valence-electron chi connectivity index (χ3n) is 2.11. The number of aliphatic hydroxyl groups excluding tert-OH is 2. The van der Waals surface area contributed by atoms with Crippen LogP contribution < -0.4 is 5.73 Å². The van der Waals surface area contributed by atoms with E-state index in [1.165, 1.54) is 0 Å². The molecule has 4 heteroatoms. The van der Waals surface area contributed by atoms with E-state index in [1.54, 1.807) is 13.8 Å². The molecule has 0 saturated carbocycles. The molecule has 0 bridgehead atoms. The Balaban J connectivity index is 2.67. The van der Waals surface area contributed by atoms with Crippen molar-refractivity contribution in [1.82, 2.24) is 0 Å². The molecule has 1 fully saturated rings. The lowest BCUT2D eigenvalue weighted by molar-refractivity contribution is -0.215. The summed E-state index contributed by atoms with van der Waals surface area (Å²) < 4.78 is 4.96. The van der Waals surface area contributed by atoms with Crippen LogP contribution in [0.2, 0.25) is 0 Å². The maximum Gasteiger partial charge on any atom is 0.156 e. The largest absolute Gasteiger partial charge is 0.389 e. The van der Waals surface area contributed by atoms with Crippen LogP contribution in [-0.4, -0.2) is 34.2 Å². The van der Waals surface area contributed by atoms with Crippen LogP contribution in [0.25, 0.3) is 0 Å². The number of hydrogen-bond acceptors (Lipinski definition) is 4. The monoisotopic (exact) mass is 161 g/mol. The maximum absolute atomic E-state index is 9.46. The van der Waals surface area contributed by atoms with Crippen molar-refractivity contribution in [2.75, 3.05) is 0 Å². The van der Waals surface area contributed by atoms with Crippen LogP contribution in [0.15, 0.2) is 0 Å². The van der Waals surface area contributed by atoms with Gasteiger partial charge in [0.2, 0.25) is 0 Å². The number of rotatable bonds is 0. The fraction of sp³-hybridized carbons (Fsp3) is 1.00. The summed E-state index contributed by atoms with van der Waals surface area (Å²) in [7, 11) is 0. The molecule has 11 heavy (non-hydrogen) atoms. The number of ether oxygens (including phenoxy) is 1. The lowest BCUT2D eigenvalue weighted by atomic mass is 9.86. The predicted molar refractivity (Wildman–Crippen MR) is 39.8 cm³/mol. The highest BCUT2D eigenvalue weighted by Crippen LogP contribution is 2.25. The van der Waals surface area contributed by atoms with Crippen molar-refractivity contribution in [2.24, 2.45) is 5.73 Å². The maximum atomic E-state index is 9.46. The summed E-state index contributed by atoms with van der Waals surface area (Å²) in [6.45, 7) is 3.40. The van der Waals surface area contributed by atoms with Crippen LogP contribution in [0.4, 0.5) is 0 Å². The van der Waals surface area contributed by atoms with Gasteiger partial charge in [-0.1, -0.05) is 0 Å². The first-order chi connectivity index (χ1) is 4.93. The summed E-state index contributed by atoms with van der Waals surface area (Å²) in [5.41, 5.74) is 4.97. The van der Waals surface area contributed by atoms with Gasteiger partial charge in [-0.25, -0.2) is 0 Å². The summed E-state index contributed by atoms with van der Waals surface area (Å²) in [6.07, 6.45) is -1.67. The van der Waals surface area contributed by atoms with Crippen LogP contribution >= 0.6 is 0 Å². The topological polar surface area (TPSA) is 75.7 Å². The third-order valence-corrected chi connectivity index (χ3v) is 2.11. The van der Waals surface area contributed by atoms with Crippen LogP contribution in [0.3, 0.4) is 0 Å². The molecule has 1 aliphatic rings. The van der Waals surface area contributed by atoms with Gasteiger partial charge in [-0.2, -0.15) is 0 Å². The summed E-state index contributed by atoms with van der Waals surface area (Å²) in [4.78, 5) is 0. The molecule has 0 spiro atoms. The zero-order valence-electron chi connectivity index (χ0n) is 6.82. The fourth-order valence-corrected chi connectivity index (χ4v) is 1.40. The van der Waals surface area contributed by atoms with Gasteiger partial charge < -0.3 is 20.7 Å². The second-order valence-corrected chi connectivity index (χ2v) is 3.45. The van der Waals surface area contributed by atoms with Gasteiger partial charge >= 0.3 is 0 Å². The van der Waals surface area contributed by atoms with Crippen molar-refractivity contribution in [1.29, 1.82) is 0 Å². The van der Waals surface area contributed by atoms with Gasteiger partial charge in [-0.15, -0.1) is 0 Å². The van der Waals surface area contributed by atoms with Gasteiger partial charge in [-0.05, 0) is 13.8 Å². The Labute approximate surface area is 66.0 Å². The Kier molecular flexibility index (Phi) is 2.20. The minimum absolute atomic E-state index is 0.276. The first kappa shape index (κ1) is 8.93. The molecular weight excluding hydrogens is 146 g/mol. The average molecular weight is 161 g/mol. The smallest absolute Gasteiger partial charge is 0.156 e. The summed E-state index contributed by atoms with van der Waals surface area (Å²) in [5.74, 6) is 0. The zero-order chi connectivity index (χ0) is 8.65. The molecule has 1 rings (SSSR count). The van der Waals surface area contributed by atoms with Crippen molar-refractivity contribution in [3.63, 3.8) is 0 Å². The molecule has 0 aliphatic carbocycles. The standard InChI is InChI=1S/C7H15NO3/c1-4-6(10)7(2,8)3-5(9)11-4/h4-6,9-10H,3,8H2,1-2H3/t4-,5?,6-,7-/m0/s1. The van der Waals surface area contributed by atoms with E-state index < -0.39 is 24.0 Å². The number of aliphatic hydroxyl groups is 2. The predicted octanol–water partition coefficient (Wildman–Crippen LogP) is -0.808. The zero-order valence-corrected chi connectivity index (χ0v) is 6.82. The minimum atomic E-state index is -0.844. The van der Waals surface area contributed by atoms with Crippen molar-refractivity contribution in [3.05, 3.63) is 0 Å². The van der Waals surface area contributed by atoms with Crippen LogP contribution in [0, 0.1) is 0 Å². The molecule has 4 N–H and O–H groups in total. The van der Waals surface area contributed by atoms with E-state index in [0.717, 1.165) is 0 Å². The molecule has 1 saturated heterocycles. The second-order valence-electron chi connectivity index (χ2n) is 3.45. The van der Waals surface area contributed by atoms with Crippen molar-refractivity contribution >= 4 is 0 Å². The van der Waals surface area contributed by atoms with Crippen molar-refractivity contribution in [2.45, 2.75) is 44.3 Å². The first-order valence-corrected chi connectivity index (χ1v) is 3.74. The minimum Gasteiger partial charge on any atom is -0.389 e. The third kappa shape index (κ3) is 1.70. The highest BCUT2D eigenvalue weighted by Gasteiger charge is 2.40. The molecule has 1 unspecified atom stereocenters. The molecule has 1 heterocycles. The Hall–Kier alpha value is -0.160. The second kappa shape index (κ2) is 2.71. The van der Waals surface area contributed by atoms with Crippen molar-refractivity contribution < 1.29 is 14.9 Å². The molecule has 0 amide bonds. The van der Waals surface area contributed by atoms with Gasteiger partial charge in [0.25, 0.3) is 0 Å². The molecule has 1 aliphatic heterocycles. The fourth-order valence-electron chi connectivity index (χ4n) is 1.40. The van der Waals surface area contributed by atoms with E-state index in [4.69, 9.17) is 15.6 Å². The van der Waals surface area contributed by atoms with Gasteiger partial charge in [0.15, 0.2) is 6.29 Å². The summed E-state index contributed by atoms with van der Waals surface area (Å²) in [6, 6.07) is 0. The highest BCUT2D eigenvalue weighted by atomic mass is 16.6. The lowest BCUT2D eigenvalue weighted by Gasteiger charge is -2.41. The lowest BCUT2D eigenvalue weighted by Crippen LogP contribution is -2.59. The Morgan fingerprint density at radius 2 is 2.09 bits per heavy atom. The van der Waals surface area contributed by atoms with E-state index >= 15 is 0 Å². The molecule has 66 valence electrons. The summed E-state index contributed by atoms with van der Waals surface area (Å²) >= 11 is 0. The van der Waals surface area contributed by atoms with E-state index in [9.17, 15) is 5.11 Å². The average Bonchev–Trinajstić information content (AvgIpc) is 1.81.